The molecule has 5 heteroatoms. The summed E-state index contributed by atoms with van der Waals surface area (Å²) < 4.78 is 0. The Morgan fingerprint density at radius 2 is 1.67 bits per heavy atom. The highest BCUT2D eigenvalue weighted by Gasteiger charge is 1.92. The quantitative estimate of drug-likeness (QED) is 0.576. The lowest BCUT2D eigenvalue weighted by molar-refractivity contribution is -0.102. The lowest BCUT2D eigenvalue weighted by Gasteiger charge is -2.05. The van der Waals surface area contributed by atoms with Crippen molar-refractivity contribution in [2.24, 2.45) is 5.84 Å². The summed E-state index contributed by atoms with van der Waals surface area (Å²) in [6.45, 7) is 0.362. The van der Waals surface area contributed by atoms with Gasteiger partial charge >= 0.3 is 0 Å². The minimum atomic E-state index is 0. The van der Waals surface area contributed by atoms with Gasteiger partial charge in [-0.15, -0.1) is 30.0 Å². The SMILES string of the molecule is Cl.Cl.NN(O)Cc1ccccc1. The third kappa shape index (κ3) is 5.35. The van der Waals surface area contributed by atoms with E-state index in [1.165, 1.54) is 0 Å². The van der Waals surface area contributed by atoms with Crippen LogP contribution in [-0.2, 0) is 6.54 Å². The van der Waals surface area contributed by atoms with Crippen molar-refractivity contribution in [2.45, 2.75) is 6.54 Å². The molecule has 0 saturated carbocycles. The van der Waals surface area contributed by atoms with E-state index < -0.39 is 0 Å². The first kappa shape index (κ1) is 14.2. The molecule has 70 valence electrons. The Labute approximate surface area is 83.9 Å². The molecule has 0 heterocycles. The number of hydroxylamine groups is 1. The molecule has 0 unspecified atom stereocenters. The lowest BCUT2D eigenvalue weighted by atomic mass is 10.2. The molecule has 0 saturated heterocycles. The number of nitrogens with zero attached hydrogens (tertiary/aromatic N) is 1. The molecule has 3 N–H and O–H groups in total. The zero-order chi connectivity index (χ0) is 7.40. The molecular formula is C7H12Cl2N2O. The predicted octanol–water partition coefficient (Wildman–Crippen LogP) is 1.60. The summed E-state index contributed by atoms with van der Waals surface area (Å²) in [5, 5.41) is 9.28. The third-order valence-corrected chi connectivity index (χ3v) is 1.19. The maximum atomic E-state index is 8.62. The van der Waals surface area contributed by atoms with Crippen LogP contribution < -0.4 is 5.84 Å². The first-order valence-corrected chi connectivity index (χ1v) is 3.04. The van der Waals surface area contributed by atoms with Gasteiger partial charge in [0.2, 0.25) is 0 Å². The van der Waals surface area contributed by atoms with E-state index in [1.54, 1.807) is 0 Å². The molecular weight excluding hydrogens is 199 g/mol. The minimum absolute atomic E-state index is 0. The number of hydrazine groups is 1. The Morgan fingerprint density at radius 1 is 1.17 bits per heavy atom. The number of halogens is 2. The molecule has 0 atom stereocenters. The highest BCUT2D eigenvalue weighted by Crippen LogP contribution is 1.98. The van der Waals surface area contributed by atoms with Crippen molar-refractivity contribution < 1.29 is 5.21 Å². The van der Waals surface area contributed by atoms with Crippen LogP contribution in [0.15, 0.2) is 30.3 Å². The van der Waals surface area contributed by atoms with Gasteiger partial charge in [-0.05, 0) is 5.56 Å². The Bertz CT molecular complexity index is 194. The molecule has 0 aliphatic rings. The van der Waals surface area contributed by atoms with E-state index in [0.717, 1.165) is 5.56 Å². The standard InChI is InChI=1S/C7H10N2O.2ClH/c8-9(10)6-7-4-2-1-3-5-7;;/h1-5,10H,6,8H2;2*1H. The predicted molar refractivity (Wildman–Crippen MR) is 52.5 cm³/mol. The summed E-state index contributed by atoms with van der Waals surface area (Å²) in [7, 11) is 0. The Hall–Kier alpha value is -0.320. The summed E-state index contributed by atoms with van der Waals surface area (Å²) >= 11 is 0. The van der Waals surface area contributed by atoms with E-state index in [1.807, 2.05) is 30.3 Å². The summed E-state index contributed by atoms with van der Waals surface area (Å²) in [5.41, 5.74) is 0.993. The van der Waals surface area contributed by atoms with Crippen molar-refractivity contribution >= 4 is 24.8 Å². The van der Waals surface area contributed by atoms with Crippen LogP contribution in [0.3, 0.4) is 0 Å². The molecule has 0 aliphatic carbocycles. The van der Waals surface area contributed by atoms with Gasteiger partial charge in [0, 0.05) is 0 Å². The van der Waals surface area contributed by atoms with E-state index in [-0.39, 0.29) is 24.8 Å². The Morgan fingerprint density at radius 3 is 2.08 bits per heavy atom. The fourth-order valence-electron chi connectivity index (χ4n) is 0.770. The van der Waals surface area contributed by atoms with Gasteiger partial charge in [-0.3, -0.25) is 5.21 Å². The average molecular weight is 211 g/mol. The van der Waals surface area contributed by atoms with Crippen LogP contribution in [0.2, 0.25) is 0 Å². The fraction of sp³-hybridized carbons (Fsp3) is 0.143. The van der Waals surface area contributed by atoms with E-state index in [9.17, 15) is 0 Å². The van der Waals surface area contributed by atoms with Crippen LogP contribution in [0.1, 0.15) is 5.56 Å². The molecule has 0 radical (unpaired) electrons. The maximum absolute atomic E-state index is 8.62. The molecule has 12 heavy (non-hydrogen) atoms. The lowest BCUT2D eigenvalue weighted by Crippen LogP contribution is -2.25. The molecule has 1 aromatic carbocycles. The first-order valence-electron chi connectivity index (χ1n) is 3.04. The minimum Gasteiger partial charge on any atom is -0.299 e. The van der Waals surface area contributed by atoms with Crippen LogP contribution in [0.4, 0.5) is 0 Å². The molecule has 0 bridgehead atoms. The topological polar surface area (TPSA) is 49.5 Å². The van der Waals surface area contributed by atoms with Gasteiger partial charge in [-0.25, -0.2) is 5.84 Å². The van der Waals surface area contributed by atoms with Gasteiger partial charge < -0.3 is 0 Å². The van der Waals surface area contributed by atoms with E-state index >= 15 is 0 Å². The van der Waals surface area contributed by atoms with E-state index in [4.69, 9.17) is 11.0 Å². The van der Waals surface area contributed by atoms with E-state index in [2.05, 4.69) is 0 Å². The van der Waals surface area contributed by atoms with Gasteiger partial charge in [0.15, 0.2) is 0 Å². The number of hydrogen-bond acceptors (Lipinski definition) is 3. The second-order valence-electron chi connectivity index (χ2n) is 2.08. The van der Waals surface area contributed by atoms with Gasteiger partial charge in [-0.1, -0.05) is 30.3 Å². The summed E-state index contributed by atoms with van der Waals surface area (Å²) in [4.78, 5) is 0. The van der Waals surface area contributed by atoms with Gasteiger partial charge in [0.1, 0.15) is 0 Å². The smallest absolute Gasteiger partial charge is 0.0646 e. The Balaban J connectivity index is 0. The van der Waals surface area contributed by atoms with Crippen molar-refractivity contribution in [1.82, 2.24) is 5.17 Å². The highest BCUT2D eigenvalue weighted by atomic mass is 35.5. The zero-order valence-electron chi connectivity index (χ0n) is 6.38. The monoisotopic (exact) mass is 210 g/mol. The van der Waals surface area contributed by atoms with Crippen LogP contribution in [0.5, 0.6) is 0 Å². The van der Waals surface area contributed by atoms with Crippen molar-refractivity contribution in [1.29, 1.82) is 0 Å². The number of rotatable bonds is 2. The van der Waals surface area contributed by atoms with Gasteiger partial charge in [-0.2, -0.15) is 0 Å². The van der Waals surface area contributed by atoms with Crippen molar-refractivity contribution in [2.75, 3.05) is 0 Å². The van der Waals surface area contributed by atoms with Crippen LogP contribution in [0.25, 0.3) is 0 Å². The number of nitrogens with two attached hydrogens (primary N) is 1. The van der Waals surface area contributed by atoms with E-state index in [0.29, 0.717) is 11.7 Å². The molecule has 0 aliphatic heterocycles. The van der Waals surface area contributed by atoms with Crippen molar-refractivity contribution in [3.63, 3.8) is 0 Å². The Kier molecular flexibility index (Phi) is 8.69. The average Bonchev–Trinajstić information content (AvgIpc) is 1.88. The number of hydrogen-bond donors (Lipinski definition) is 2. The van der Waals surface area contributed by atoms with Crippen LogP contribution >= 0.6 is 24.8 Å². The molecule has 0 amide bonds. The largest absolute Gasteiger partial charge is 0.299 e. The van der Waals surface area contributed by atoms with Gasteiger partial charge in [0.05, 0.1) is 6.54 Å². The molecule has 0 fully saturated rings. The zero-order valence-corrected chi connectivity index (χ0v) is 8.02. The normalized spacial score (nSPS) is 8.58. The second-order valence-corrected chi connectivity index (χ2v) is 2.08. The van der Waals surface area contributed by atoms with Crippen molar-refractivity contribution in [3.05, 3.63) is 35.9 Å². The molecule has 1 rings (SSSR count). The highest BCUT2D eigenvalue weighted by molar-refractivity contribution is 5.85. The van der Waals surface area contributed by atoms with Gasteiger partial charge in [0.25, 0.3) is 0 Å². The fourth-order valence-corrected chi connectivity index (χ4v) is 0.770. The molecule has 0 spiro atoms. The second kappa shape index (κ2) is 7.34. The molecule has 1 aromatic rings. The number of benzene rings is 1. The summed E-state index contributed by atoms with van der Waals surface area (Å²) in [5.74, 6) is 5.01. The van der Waals surface area contributed by atoms with Crippen LogP contribution in [0, 0.1) is 0 Å². The van der Waals surface area contributed by atoms with Crippen molar-refractivity contribution in [3.8, 4) is 0 Å². The van der Waals surface area contributed by atoms with Crippen LogP contribution in [-0.4, -0.2) is 10.4 Å². The summed E-state index contributed by atoms with van der Waals surface area (Å²) in [6.07, 6.45) is 0. The maximum Gasteiger partial charge on any atom is 0.0646 e. The molecule has 3 nitrogen and oxygen atoms in total. The molecule has 0 aromatic heterocycles. The third-order valence-electron chi connectivity index (χ3n) is 1.19. The first-order chi connectivity index (χ1) is 4.79. The summed E-state index contributed by atoms with van der Waals surface area (Å²) in [6, 6.07) is 9.52.